The van der Waals surface area contributed by atoms with Gasteiger partial charge in [0.1, 0.15) is 18.1 Å². The third-order valence-corrected chi connectivity index (χ3v) is 7.66. The average molecular weight is 512 g/mol. The summed E-state index contributed by atoms with van der Waals surface area (Å²) in [6, 6.07) is 9.32. The highest BCUT2D eigenvalue weighted by Crippen LogP contribution is 2.33. The predicted molar refractivity (Wildman–Crippen MR) is 141 cm³/mol. The van der Waals surface area contributed by atoms with Crippen molar-refractivity contribution in [3.05, 3.63) is 53.5 Å². The van der Waals surface area contributed by atoms with Gasteiger partial charge in [-0.2, -0.15) is 0 Å². The topological polar surface area (TPSA) is 70.2 Å². The highest BCUT2D eigenvalue weighted by atomic mass is 19.1. The number of ether oxygens (including phenoxy) is 2. The zero-order valence-corrected chi connectivity index (χ0v) is 22.0. The van der Waals surface area contributed by atoms with Crippen molar-refractivity contribution in [3.8, 4) is 5.88 Å². The first kappa shape index (κ1) is 26.0. The van der Waals surface area contributed by atoms with Crippen molar-refractivity contribution in [1.82, 2.24) is 20.1 Å². The van der Waals surface area contributed by atoms with Crippen molar-refractivity contribution >= 4 is 11.6 Å². The third-order valence-electron chi connectivity index (χ3n) is 7.66. The molecule has 4 heterocycles. The van der Waals surface area contributed by atoms with Gasteiger partial charge in [0.2, 0.25) is 11.8 Å². The lowest BCUT2D eigenvalue weighted by atomic mass is 10.0. The molecule has 9 heteroatoms. The van der Waals surface area contributed by atoms with Gasteiger partial charge >= 0.3 is 0 Å². The standard InChI is InChI=1S/C28H38FN5O3/c1-19-14-33(25(13-30-19)15-32-8-9-36-17-20(32)2)16-27(35)34-21(3)18-37-28-26(34)11-23(12-31-28)10-22-4-6-24(29)7-5-22/h4-7,11-12,19-21,25,30H,8-10,13-18H2,1-3H3/t19-,20?,21?,25-/m1/s1. The summed E-state index contributed by atoms with van der Waals surface area (Å²) in [7, 11) is 0. The summed E-state index contributed by atoms with van der Waals surface area (Å²) in [4.78, 5) is 25.1. The van der Waals surface area contributed by atoms with E-state index in [4.69, 9.17) is 9.47 Å². The first-order valence-electron chi connectivity index (χ1n) is 13.3. The van der Waals surface area contributed by atoms with E-state index >= 15 is 0 Å². The molecule has 8 nitrogen and oxygen atoms in total. The summed E-state index contributed by atoms with van der Waals surface area (Å²) in [5.74, 6) is 0.295. The van der Waals surface area contributed by atoms with Crippen LogP contribution in [0.5, 0.6) is 5.88 Å². The van der Waals surface area contributed by atoms with Gasteiger partial charge in [-0.3, -0.25) is 14.6 Å². The minimum Gasteiger partial charge on any atom is -0.474 e. The highest BCUT2D eigenvalue weighted by Gasteiger charge is 2.35. The average Bonchev–Trinajstić information content (AvgIpc) is 2.88. The summed E-state index contributed by atoms with van der Waals surface area (Å²) in [6.07, 6.45) is 2.38. The largest absolute Gasteiger partial charge is 0.474 e. The van der Waals surface area contributed by atoms with E-state index in [1.807, 2.05) is 17.9 Å². The minimum atomic E-state index is -0.255. The van der Waals surface area contributed by atoms with Crippen molar-refractivity contribution in [3.63, 3.8) is 0 Å². The number of benzene rings is 1. The molecular weight excluding hydrogens is 473 g/mol. The number of halogens is 1. The van der Waals surface area contributed by atoms with Crippen molar-refractivity contribution in [2.45, 2.75) is 51.4 Å². The minimum absolute atomic E-state index is 0.0620. The SMILES string of the molecule is CC1COCCN1C[C@H]1CN[C@H](C)CN1CC(=O)N1c2cc(Cc3ccc(F)cc3)cnc2OCC1C. The van der Waals surface area contributed by atoms with Crippen LogP contribution in [0.1, 0.15) is 31.9 Å². The maximum Gasteiger partial charge on any atom is 0.241 e. The molecule has 2 fully saturated rings. The lowest BCUT2D eigenvalue weighted by Gasteiger charge is -2.44. The van der Waals surface area contributed by atoms with Crippen LogP contribution in [0.2, 0.25) is 0 Å². The molecule has 2 aromatic rings. The predicted octanol–water partition coefficient (Wildman–Crippen LogP) is 2.31. The molecule has 4 atom stereocenters. The molecule has 1 amide bonds. The van der Waals surface area contributed by atoms with Crippen molar-refractivity contribution in [2.75, 3.05) is 57.4 Å². The van der Waals surface area contributed by atoms with E-state index in [1.165, 1.54) is 12.1 Å². The van der Waals surface area contributed by atoms with Crippen LogP contribution in [-0.4, -0.2) is 97.4 Å². The number of pyridine rings is 1. The molecule has 0 radical (unpaired) electrons. The number of nitrogens with zero attached hydrogens (tertiary/aromatic N) is 4. The smallest absolute Gasteiger partial charge is 0.241 e. The molecule has 1 N–H and O–H groups in total. The van der Waals surface area contributed by atoms with Gasteiger partial charge in [0.15, 0.2) is 0 Å². The van der Waals surface area contributed by atoms with Gasteiger partial charge in [-0.1, -0.05) is 12.1 Å². The van der Waals surface area contributed by atoms with Gasteiger partial charge in [-0.05, 0) is 56.5 Å². The van der Waals surface area contributed by atoms with Crippen LogP contribution in [0.25, 0.3) is 0 Å². The van der Waals surface area contributed by atoms with Crippen molar-refractivity contribution < 1.29 is 18.7 Å². The van der Waals surface area contributed by atoms with Gasteiger partial charge in [-0.15, -0.1) is 0 Å². The molecule has 0 aliphatic carbocycles. The number of hydrogen-bond acceptors (Lipinski definition) is 7. The van der Waals surface area contributed by atoms with E-state index < -0.39 is 0 Å². The Balaban J connectivity index is 1.33. The molecule has 200 valence electrons. The fourth-order valence-electron chi connectivity index (χ4n) is 5.55. The first-order chi connectivity index (χ1) is 17.9. The van der Waals surface area contributed by atoms with Crippen LogP contribution < -0.4 is 15.0 Å². The monoisotopic (exact) mass is 511 g/mol. The fourth-order valence-corrected chi connectivity index (χ4v) is 5.55. The molecule has 0 saturated carbocycles. The Morgan fingerprint density at radius 3 is 2.70 bits per heavy atom. The lowest BCUT2D eigenvalue weighted by molar-refractivity contribution is -0.121. The number of fused-ring (bicyclic) bond motifs is 1. The summed E-state index contributed by atoms with van der Waals surface area (Å²) >= 11 is 0. The highest BCUT2D eigenvalue weighted by molar-refractivity contribution is 5.97. The number of morpholine rings is 1. The Labute approximate surface area is 218 Å². The van der Waals surface area contributed by atoms with Gasteiger partial charge < -0.3 is 19.7 Å². The van der Waals surface area contributed by atoms with E-state index in [1.54, 1.807) is 18.3 Å². The first-order valence-corrected chi connectivity index (χ1v) is 13.3. The van der Waals surface area contributed by atoms with Gasteiger partial charge in [0.05, 0.1) is 25.8 Å². The number of amides is 1. The molecule has 2 unspecified atom stereocenters. The van der Waals surface area contributed by atoms with E-state index in [2.05, 4.69) is 33.9 Å². The van der Waals surface area contributed by atoms with Crippen LogP contribution in [0, 0.1) is 5.82 Å². The van der Waals surface area contributed by atoms with E-state index in [9.17, 15) is 9.18 Å². The lowest BCUT2D eigenvalue weighted by Crippen LogP contribution is -2.62. The van der Waals surface area contributed by atoms with Gasteiger partial charge in [0.25, 0.3) is 0 Å². The zero-order valence-electron chi connectivity index (χ0n) is 22.0. The van der Waals surface area contributed by atoms with Crippen LogP contribution in [0.15, 0.2) is 36.5 Å². The normalized spacial score (nSPS) is 27.0. The Morgan fingerprint density at radius 2 is 1.92 bits per heavy atom. The van der Waals surface area contributed by atoms with Gasteiger partial charge in [0, 0.05) is 50.5 Å². The second-order valence-corrected chi connectivity index (χ2v) is 10.7. The van der Waals surface area contributed by atoms with E-state index in [0.29, 0.717) is 43.2 Å². The second-order valence-electron chi connectivity index (χ2n) is 10.7. The third kappa shape index (κ3) is 6.12. The molecule has 1 aromatic heterocycles. The number of carbonyl (C=O) groups is 1. The summed E-state index contributed by atoms with van der Waals surface area (Å²) in [5, 5.41) is 3.60. The zero-order chi connectivity index (χ0) is 25.9. The molecule has 3 aliphatic heterocycles. The van der Waals surface area contributed by atoms with E-state index in [-0.39, 0.29) is 23.8 Å². The Morgan fingerprint density at radius 1 is 1.11 bits per heavy atom. The molecule has 3 aliphatic rings. The molecule has 0 bridgehead atoms. The second kappa shape index (κ2) is 11.4. The number of nitrogens with one attached hydrogen (secondary N) is 1. The van der Waals surface area contributed by atoms with Crippen molar-refractivity contribution in [2.24, 2.45) is 0 Å². The van der Waals surface area contributed by atoms with E-state index in [0.717, 1.165) is 50.5 Å². The fraction of sp³-hybridized carbons (Fsp3) is 0.571. The van der Waals surface area contributed by atoms with Crippen LogP contribution in [-0.2, 0) is 16.0 Å². The summed E-state index contributed by atoms with van der Waals surface area (Å²) < 4.78 is 24.8. The molecule has 1 aromatic carbocycles. The number of hydrogen-bond donors (Lipinski definition) is 1. The Bertz CT molecular complexity index is 1080. The van der Waals surface area contributed by atoms with Gasteiger partial charge in [-0.25, -0.2) is 9.37 Å². The molecule has 37 heavy (non-hydrogen) atoms. The number of carbonyl (C=O) groups excluding carboxylic acids is 1. The molecule has 5 rings (SSSR count). The maximum atomic E-state index is 13.9. The number of aromatic nitrogens is 1. The van der Waals surface area contributed by atoms with Crippen molar-refractivity contribution in [1.29, 1.82) is 0 Å². The Kier molecular flexibility index (Phi) is 8.04. The number of rotatable bonds is 6. The molecular formula is C28H38FN5O3. The number of piperazine rings is 1. The molecule has 0 spiro atoms. The van der Waals surface area contributed by atoms with Crippen LogP contribution in [0.3, 0.4) is 0 Å². The summed E-state index contributed by atoms with van der Waals surface area (Å²) in [5.41, 5.74) is 2.65. The summed E-state index contributed by atoms with van der Waals surface area (Å²) in [6.45, 7) is 12.2. The van der Waals surface area contributed by atoms with Crippen LogP contribution in [0.4, 0.5) is 10.1 Å². The number of anilines is 1. The van der Waals surface area contributed by atoms with Crippen LogP contribution >= 0.6 is 0 Å². The molecule has 2 saturated heterocycles. The quantitative estimate of drug-likeness (QED) is 0.638. The maximum absolute atomic E-state index is 13.9. The Hall–Kier alpha value is -2.59.